The van der Waals surface area contributed by atoms with Crippen LogP contribution in [0.25, 0.3) is 0 Å². The topological polar surface area (TPSA) is 78.3 Å². The SMILES string of the molecule is Cc1ccc(CN(Cc2ccccc2)C(=O)CN(CCCN2CCOCC2)C(=O)Nc2ccc(C)c(C)c2)o1. The molecule has 208 valence electrons. The Morgan fingerprint density at radius 3 is 2.36 bits per heavy atom. The summed E-state index contributed by atoms with van der Waals surface area (Å²) in [4.78, 5) is 32.9. The monoisotopic (exact) mass is 532 g/mol. The highest BCUT2D eigenvalue weighted by molar-refractivity contribution is 5.92. The number of morpholine rings is 1. The highest BCUT2D eigenvalue weighted by Gasteiger charge is 2.23. The molecule has 2 heterocycles. The van der Waals surface area contributed by atoms with Crippen molar-refractivity contribution in [1.29, 1.82) is 0 Å². The lowest BCUT2D eigenvalue weighted by atomic mass is 10.1. The number of ether oxygens (including phenoxy) is 1. The van der Waals surface area contributed by atoms with E-state index in [1.54, 1.807) is 9.80 Å². The van der Waals surface area contributed by atoms with Gasteiger partial charge in [0, 0.05) is 38.4 Å². The Kier molecular flexibility index (Phi) is 10.2. The minimum atomic E-state index is -0.276. The molecule has 0 atom stereocenters. The normalized spacial score (nSPS) is 13.7. The molecule has 0 saturated carbocycles. The Morgan fingerprint density at radius 1 is 0.897 bits per heavy atom. The van der Waals surface area contributed by atoms with Gasteiger partial charge in [0.15, 0.2) is 0 Å². The van der Waals surface area contributed by atoms with Crippen LogP contribution in [0.5, 0.6) is 0 Å². The van der Waals surface area contributed by atoms with E-state index in [1.165, 1.54) is 0 Å². The smallest absolute Gasteiger partial charge is 0.322 e. The molecule has 4 rings (SSSR count). The molecule has 1 fully saturated rings. The van der Waals surface area contributed by atoms with Gasteiger partial charge < -0.3 is 24.3 Å². The number of carbonyl (C=O) groups is 2. The van der Waals surface area contributed by atoms with Gasteiger partial charge in [0.25, 0.3) is 0 Å². The number of amides is 3. The lowest BCUT2D eigenvalue weighted by molar-refractivity contribution is -0.133. The molecule has 39 heavy (non-hydrogen) atoms. The molecular formula is C31H40N4O4. The zero-order chi connectivity index (χ0) is 27.6. The Balaban J connectivity index is 1.48. The van der Waals surface area contributed by atoms with Crippen molar-refractivity contribution in [1.82, 2.24) is 14.7 Å². The zero-order valence-corrected chi connectivity index (χ0v) is 23.3. The summed E-state index contributed by atoms with van der Waals surface area (Å²) in [5.41, 5.74) is 4.01. The molecule has 1 aliphatic heterocycles. The van der Waals surface area contributed by atoms with Crippen LogP contribution in [0.4, 0.5) is 10.5 Å². The van der Waals surface area contributed by atoms with Crippen LogP contribution in [-0.2, 0) is 22.6 Å². The number of furan rings is 1. The highest BCUT2D eigenvalue weighted by Crippen LogP contribution is 2.17. The van der Waals surface area contributed by atoms with Gasteiger partial charge in [0.05, 0.1) is 19.8 Å². The summed E-state index contributed by atoms with van der Waals surface area (Å²) in [6, 6.07) is 19.3. The number of urea groups is 1. The first-order chi connectivity index (χ1) is 18.9. The van der Waals surface area contributed by atoms with Gasteiger partial charge >= 0.3 is 6.03 Å². The minimum Gasteiger partial charge on any atom is -0.464 e. The molecular weight excluding hydrogens is 492 g/mol. The van der Waals surface area contributed by atoms with Crippen molar-refractivity contribution in [3.8, 4) is 0 Å². The third-order valence-corrected chi connectivity index (χ3v) is 7.09. The Bertz CT molecular complexity index is 1220. The second kappa shape index (κ2) is 14.0. The van der Waals surface area contributed by atoms with Crippen molar-refractivity contribution in [3.63, 3.8) is 0 Å². The van der Waals surface area contributed by atoms with E-state index in [9.17, 15) is 9.59 Å². The van der Waals surface area contributed by atoms with Gasteiger partial charge in [-0.2, -0.15) is 0 Å². The molecule has 1 saturated heterocycles. The molecule has 0 bridgehead atoms. The Hall–Kier alpha value is -3.62. The van der Waals surface area contributed by atoms with Crippen LogP contribution in [0.1, 0.15) is 34.6 Å². The molecule has 0 radical (unpaired) electrons. The lowest BCUT2D eigenvalue weighted by Gasteiger charge is -2.30. The summed E-state index contributed by atoms with van der Waals surface area (Å²) >= 11 is 0. The molecule has 8 heteroatoms. The van der Waals surface area contributed by atoms with Crippen LogP contribution >= 0.6 is 0 Å². The maximum absolute atomic E-state index is 13.7. The van der Waals surface area contributed by atoms with E-state index in [-0.39, 0.29) is 18.5 Å². The molecule has 3 amide bonds. The molecule has 1 aromatic heterocycles. The number of anilines is 1. The number of nitrogens with one attached hydrogen (secondary N) is 1. The standard InChI is InChI=1S/C31H40N4O4/c1-24-10-12-28(20-25(24)2)32-31(37)34(15-7-14-33-16-18-38-19-17-33)23-30(36)35(21-27-8-5-4-6-9-27)22-29-13-11-26(3)39-29/h4-6,8-13,20H,7,14-19,21-23H2,1-3H3,(H,32,37). The molecule has 3 aromatic rings. The predicted molar refractivity (Wildman–Crippen MR) is 153 cm³/mol. The summed E-state index contributed by atoms with van der Waals surface area (Å²) in [5.74, 6) is 1.39. The molecule has 1 N–H and O–H groups in total. The maximum Gasteiger partial charge on any atom is 0.322 e. The van der Waals surface area contributed by atoms with Crippen LogP contribution in [0, 0.1) is 20.8 Å². The van der Waals surface area contributed by atoms with Gasteiger partial charge in [0.2, 0.25) is 5.91 Å². The van der Waals surface area contributed by atoms with Crippen LogP contribution in [0.2, 0.25) is 0 Å². The van der Waals surface area contributed by atoms with E-state index in [1.807, 2.05) is 81.4 Å². The average Bonchev–Trinajstić information content (AvgIpc) is 3.35. The number of aryl methyl sites for hydroxylation is 3. The van der Waals surface area contributed by atoms with Crippen molar-refractivity contribution >= 4 is 17.6 Å². The highest BCUT2D eigenvalue weighted by atomic mass is 16.5. The lowest BCUT2D eigenvalue weighted by Crippen LogP contribution is -2.45. The van der Waals surface area contributed by atoms with Crippen LogP contribution in [0.15, 0.2) is 65.1 Å². The Labute approximate surface area is 231 Å². The van der Waals surface area contributed by atoms with E-state index in [0.29, 0.717) is 19.6 Å². The summed E-state index contributed by atoms with van der Waals surface area (Å²) in [6.45, 7) is 11.3. The van der Waals surface area contributed by atoms with E-state index in [2.05, 4.69) is 10.2 Å². The molecule has 0 aliphatic carbocycles. The number of hydrogen-bond donors (Lipinski definition) is 1. The molecule has 2 aromatic carbocycles. The van der Waals surface area contributed by atoms with E-state index < -0.39 is 0 Å². The Morgan fingerprint density at radius 2 is 1.67 bits per heavy atom. The van der Waals surface area contributed by atoms with Crippen LogP contribution < -0.4 is 5.32 Å². The maximum atomic E-state index is 13.7. The fourth-order valence-corrected chi connectivity index (χ4v) is 4.64. The van der Waals surface area contributed by atoms with Gasteiger partial charge in [-0.15, -0.1) is 0 Å². The van der Waals surface area contributed by atoms with Crippen molar-refractivity contribution in [3.05, 3.63) is 88.9 Å². The molecule has 1 aliphatic rings. The number of carbonyl (C=O) groups excluding carboxylic acids is 2. The van der Waals surface area contributed by atoms with Crippen LogP contribution in [0.3, 0.4) is 0 Å². The third kappa shape index (κ3) is 8.70. The van der Waals surface area contributed by atoms with Gasteiger partial charge in [-0.25, -0.2) is 4.79 Å². The van der Waals surface area contributed by atoms with E-state index in [4.69, 9.17) is 9.15 Å². The minimum absolute atomic E-state index is 0.0215. The van der Waals surface area contributed by atoms with Gasteiger partial charge in [-0.3, -0.25) is 9.69 Å². The molecule has 8 nitrogen and oxygen atoms in total. The van der Waals surface area contributed by atoms with E-state index >= 15 is 0 Å². The number of rotatable bonds is 11. The first kappa shape index (κ1) is 28.4. The first-order valence-electron chi connectivity index (χ1n) is 13.7. The summed E-state index contributed by atoms with van der Waals surface area (Å²) in [7, 11) is 0. The summed E-state index contributed by atoms with van der Waals surface area (Å²) in [6.07, 6.45) is 0.768. The largest absolute Gasteiger partial charge is 0.464 e. The van der Waals surface area contributed by atoms with Crippen molar-refractivity contribution < 1.29 is 18.7 Å². The summed E-state index contributed by atoms with van der Waals surface area (Å²) in [5, 5.41) is 3.01. The molecule has 0 spiro atoms. The fourth-order valence-electron chi connectivity index (χ4n) is 4.64. The molecule has 0 unspecified atom stereocenters. The first-order valence-corrected chi connectivity index (χ1v) is 13.7. The number of hydrogen-bond acceptors (Lipinski definition) is 5. The predicted octanol–water partition coefficient (Wildman–Crippen LogP) is 4.99. The second-order valence-electron chi connectivity index (χ2n) is 10.2. The number of benzene rings is 2. The van der Waals surface area contributed by atoms with Gasteiger partial charge in [0.1, 0.15) is 18.1 Å². The van der Waals surface area contributed by atoms with Gasteiger partial charge in [-0.1, -0.05) is 36.4 Å². The van der Waals surface area contributed by atoms with Crippen molar-refractivity contribution in [2.75, 3.05) is 51.3 Å². The summed E-state index contributed by atoms with van der Waals surface area (Å²) < 4.78 is 11.2. The van der Waals surface area contributed by atoms with Gasteiger partial charge in [-0.05, 0) is 68.1 Å². The van der Waals surface area contributed by atoms with Crippen molar-refractivity contribution in [2.24, 2.45) is 0 Å². The van der Waals surface area contributed by atoms with Crippen LogP contribution in [-0.4, -0.2) is 72.6 Å². The van der Waals surface area contributed by atoms with E-state index in [0.717, 1.165) is 73.2 Å². The zero-order valence-electron chi connectivity index (χ0n) is 23.3. The fraction of sp³-hybridized carbons (Fsp3) is 0.419. The average molecular weight is 533 g/mol. The number of nitrogens with zero attached hydrogens (tertiary/aromatic N) is 3. The van der Waals surface area contributed by atoms with Crippen molar-refractivity contribution in [2.45, 2.75) is 40.3 Å². The third-order valence-electron chi connectivity index (χ3n) is 7.09. The quantitative estimate of drug-likeness (QED) is 0.377. The second-order valence-corrected chi connectivity index (χ2v) is 10.2.